The molecule has 0 saturated carbocycles. The van der Waals surface area contributed by atoms with Gasteiger partial charge in [-0.1, -0.05) is 6.07 Å². The van der Waals surface area contributed by atoms with E-state index in [9.17, 15) is 0 Å². The van der Waals surface area contributed by atoms with Crippen molar-refractivity contribution in [1.82, 2.24) is 10.3 Å². The number of aliphatic hydroxyl groups is 1. The Morgan fingerprint density at radius 1 is 1.26 bits per heavy atom. The molecule has 106 valence electrons. The fourth-order valence-electron chi connectivity index (χ4n) is 2.20. The van der Waals surface area contributed by atoms with Crippen molar-refractivity contribution in [2.45, 2.75) is 19.4 Å². The summed E-state index contributed by atoms with van der Waals surface area (Å²) in [7, 11) is 0. The van der Waals surface area contributed by atoms with Crippen LogP contribution in [0.4, 0.5) is 5.82 Å². The van der Waals surface area contributed by atoms with Crippen molar-refractivity contribution in [1.29, 1.82) is 0 Å². The van der Waals surface area contributed by atoms with Gasteiger partial charge in [-0.05, 0) is 24.5 Å². The molecule has 5 heteroatoms. The summed E-state index contributed by atoms with van der Waals surface area (Å²) in [6.07, 6.45) is 4.49. The molecule has 1 fully saturated rings. The first-order valence-corrected chi connectivity index (χ1v) is 6.99. The van der Waals surface area contributed by atoms with Crippen molar-refractivity contribution in [2.24, 2.45) is 0 Å². The molecule has 2 heterocycles. The minimum Gasteiger partial charge on any atom is -0.394 e. The maximum Gasteiger partial charge on any atom is 0.128 e. The Bertz CT molecular complexity index is 350. The van der Waals surface area contributed by atoms with Crippen LogP contribution >= 0.6 is 0 Å². The van der Waals surface area contributed by atoms with Crippen molar-refractivity contribution in [2.75, 3.05) is 44.4 Å². The average Bonchev–Trinajstić information content (AvgIpc) is 2.97. The second-order valence-electron chi connectivity index (χ2n) is 4.73. The van der Waals surface area contributed by atoms with Gasteiger partial charge in [0.1, 0.15) is 5.82 Å². The van der Waals surface area contributed by atoms with Gasteiger partial charge in [-0.3, -0.25) is 0 Å². The van der Waals surface area contributed by atoms with Crippen LogP contribution in [0.5, 0.6) is 0 Å². The zero-order valence-electron chi connectivity index (χ0n) is 11.3. The molecule has 0 radical (unpaired) electrons. The molecule has 1 saturated heterocycles. The van der Waals surface area contributed by atoms with Crippen LogP contribution in [0.15, 0.2) is 18.3 Å². The number of hydrogen-bond donors (Lipinski definition) is 2. The fourth-order valence-corrected chi connectivity index (χ4v) is 2.20. The van der Waals surface area contributed by atoms with E-state index in [1.807, 2.05) is 6.20 Å². The molecule has 1 aliphatic rings. The highest BCUT2D eigenvalue weighted by molar-refractivity contribution is 5.40. The fraction of sp³-hybridized carbons (Fsp3) is 0.643. The van der Waals surface area contributed by atoms with Crippen molar-refractivity contribution in [3.05, 3.63) is 23.9 Å². The number of nitrogens with zero attached hydrogens (tertiary/aromatic N) is 2. The molecule has 0 atom stereocenters. The summed E-state index contributed by atoms with van der Waals surface area (Å²) in [6, 6.07) is 4.23. The summed E-state index contributed by atoms with van der Waals surface area (Å²) in [6.45, 7) is 4.97. The van der Waals surface area contributed by atoms with Gasteiger partial charge in [0.15, 0.2) is 0 Å². The number of aliphatic hydroxyl groups excluding tert-OH is 1. The number of nitrogens with one attached hydrogen (secondary N) is 1. The van der Waals surface area contributed by atoms with Gasteiger partial charge in [0.25, 0.3) is 0 Å². The maximum absolute atomic E-state index is 8.56. The van der Waals surface area contributed by atoms with Gasteiger partial charge < -0.3 is 20.1 Å². The molecular weight excluding hydrogens is 242 g/mol. The van der Waals surface area contributed by atoms with E-state index < -0.39 is 0 Å². The molecule has 2 rings (SSSR count). The standard InChI is InChI=1S/C14H23N3O2/c18-8-10-19-9-5-15-11-13-3-4-14(16-12-13)17-6-1-2-7-17/h3-4,12,15,18H,1-2,5-11H2. The molecule has 0 unspecified atom stereocenters. The largest absolute Gasteiger partial charge is 0.394 e. The Balaban J connectivity index is 1.67. The van der Waals surface area contributed by atoms with E-state index in [1.165, 1.54) is 18.4 Å². The first kappa shape index (κ1) is 14.2. The van der Waals surface area contributed by atoms with E-state index in [0.29, 0.717) is 13.2 Å². The SMILES string of the molecule is OCCOCCNCc1ccc(N2CCCC2)nc1. The summed E-state index contributed by atoms with van der Waals surface area (Å²) < 4.78 is 5.17. The molecule has 5 nitrogen and oxygen atoms in total. The number of ether oxygens (including phenoxy) is 1. The molecular formula is C14H23N3O2. The first-order valence-electron chi connectivity index (χ1n) is 6.99. The zero-order valence-corrected chi connectivity index (χ0v) is 11.3. The highest BCUT2D eigenvalue weighted by Gasteiger charge is 2.12. The summed E-state index contributed by atoms with van der Waals surface area (Å²) in [5, 5.41) is 11.8. The normalized spacial score (nSPS) is 15.1. The van der Waals surface area contributed by atoms with E-state index in [1.54, 1.807) is 0 Å². The highest BCUT2D eigenvalue weighted by atomic mass is 16.5. The lowest BCUT2D eigenvalue weighted by Crippen LogP contribution is -2.21. The van der Waals surface area contributed by atoms with Gasteiger partial charge in [-0.2, -0.15) is 0 Å². The average molecular weight is 265 g/mol. The number of hydrogen-bond acceptors (Lipinski definition) is 5. The zero-order chi connectivity index (χ0) is 13.3. The van der Waals surface area contributed by atoms with Gasteiger partial charge >= 0.3 is 0 Å². The monoisotopic (exact) mass is 265 g/mol. The Hall–Kier alpha value is -1.17. The van der Waals surface area contributed by atoms with Crippen LogP contribution in [0.2, 0.25) is 0 Å². The first-order chi connectivity index (χ1) is 9.40. The van der Waals surface area contributed by atoms with Crippen LogP contribution in [0.25, 0.3) is 0 Å². The molecule has 0 amide bonds. The summed E-state index contributed by atoms with van der Waals surface area (Å²) in [4.78, 5) is 6.84. The number of anilines is 1. The predicted molar refractivity (Wildman–Crippen MR) is 75.3 cm³/mol. The molecule has 0 aromatic carbocycles. The molecule has 0 spiro atoms. The van der Waals surface area contributed by atoms with Crippen LogP contribution in [-0.4, -0.2) is 49.5 Å². The minimum absolute atomic E-state index is 0.0852. The van der Waals surface area contributed by atoms with E-state index >= 15 is 0 Å². The van der Waals surface area contributed by atoms with Crippen LogP contribution in [-0.2, 0) is 11.3 Å². The third-order valence-corrected chi connectivity index (χ3v) is 3.23. The maximum atomic E-state index is 8.56. The topological polar surface area (TPSA) is 57.6 Å². The van der Waals surface area contributed by atoms with E-state index in [0.717, 1.165) is 32.0 Å². The number of rotatable bonds is 8. The third kappa shape index (κ3) is 4.78. The molecule has 1 aromatic rings. The van der Waals surface area contributed by atoms with Crippen molar-refractivity contribution < 1.29 is 9.84 Å². The molecule has 0 bridgehead atoms. The van der Waals surface area contributed by atoms with Gasteiger partial charge in [-0.15, -0.1) is 0 Å². The highest BCUT2D eigenvalue weighted by Crippen LogP contribution is 2.17. The quantitative estimate of drug-likeness (QED) is 0.680. The Morgan fingerprint density at radius 2 is 2.11 bits per heavy atom. The third-order valence-electron chi connectivity index (χ3n) is 3.23. The van der Waals surface area contributed by atoms with Crippen LogP contribution in [0, 0.1) is 0 Å². The summed E-state index contributed by atoms with van der Waals surface area (Å²) in [5.41, 5.74) is 1.19. The van der Waals surface area contributed by atoms with Crippen LogP contribution in [0.1, 0.15) is 18.4 Å². The van der Waals surface area contributed by atoms with Crippen molar-refractivity contribution in [3.63, 3.8) is 0 Å². The van der Waals surface area contributed by atoms with Crippen LogP contribution < -0.4 is 10.2 Å². The molecule has 19 heavy (non-hydrogen) atoms. The Kier molecular flexibility index (Phi) is 6.07. The summed E-state index contributed by atoms with van der Waals surface area (Å²) >= 11 is 0. The Morgan fingerprint density at radius 3 is 2.79 bits per heavy atom. The van der Waals surface area contributed by atoms with Crippen molar-refractivity contribution >= 4 is 5.82 Å². The lowest BCUT2D eigenvalue weighted by Gasteiger charge is -2.16. The summed E-state index contributed by atoms with van der Waals surface area (Å²) in [5.74, 6) is 1.09. The second kappa shape index (κ2) is 8.09. The van der Waals surface area contributed by atoms with Crippen molar-refractivity contribution in [3.8, 4) is 0 Å². The molecule has 2 N–H and O–H groups in total. The van der Waals surface area contributed by atoms with E-state index in [2.05, 4.69) is 27.3 Å². The van der Waals surface area contributed by atoms with Gasteiger partial charge in [-0.25, -0.2) is 4.98 Å². The van der Waals surface area contributed by atoms with Gasteiger partial charge in [0.2, 0.25) is 0 Å². The van der Waals surface area contributed by atoms with Crippen LogP contribution in [0.3, 0.4) is 0 Å². The number of pyridine rings is 1. The van der Waals surface area contributed by atoms with E-state index in [-0.39, 0.29) is 6.61 Å². The number of aromatic nitrogens is 1. The smallest absolute Gasteiger partial charge is 0.128 e. The predicted octanol–water partition coefficient (Wildman–Crippen LogP) is 0.780. The van der Waals surface area contributed by atoms with E-state index in [4.69, 9.17) is 9.84 Å². The minimum atomic E-state index is 0.0852. The Labute approximate surface area is 114 Å². The molecule has 1 aromatic heterocycles. The second-order valence-corrected chi connectivity index (χ2v) is 4.73. The lowest BCUT2D eigenvalue weighted by atomic mass is 10.3. The molecule has 1 aliphatic heterocycles. The van der Waals surface area contributed by atoms with Gasteiger partial charge in [0.05, 0.1) is 19.8 Å². The molecule has 0 aliphatic carbocycles. The van der Waals surface area contributed by atoms with Gasteiger partial charge in [0, 0.05) is 32.4 Å². The lowest BCUT2D eigenvalue weighted by molar-refractivity contribution is 0.0938.